The van der Waals surface area contributed by atoms with Crippen LogP contribution in [0.1, 0.15) is 45.4 Å². The minimum absolute atomic E-state index is 0.145. The lowest BCUT2D eigenvalue weighted by Gasteiger charge is -2.32. The maximum absolute atomic E-state index is 13.8. The molecule has 0 saturated carbocycles. The number of fused-ring (bicyclic) bond motifs is 3. The van der Waals surface area contributed by atoms with E-state index in [-0.39, 0.29) is 16.6 Å². The maximum Gasteiger partial charge on any atom is 0.259 e. The van der Waals surface area contributed by atoms with E-state index >= 15 is 0 Å². The van der Waals surface area contributed by atoms with Crippen molar-refractivity contribution in [1.82, 2.24) is 14.4 Å². The molecule has 3 aromatic rings. The number of rotatable bonds is 4. The second-order valence-corrected chi connectivity index (χ2v) is 11.6. The molecule has 0 bridgehead atoms. The number of hydrogen-bond acceptors (Lipinski definition) is 5. The summed E-state index contributed by atoms with van der Waals surface area (Å²) in [5.74, 6) is 0.282. The zero-order valence-electron chi connectivity index (χ0n) is 20.0. The molecule has 7 heteroatoms. The molecule has 0 radical (unpaired) electrons. The summed E-state index contributed by atoms with van der Waals surface area (Å²) in [4.78, 5) is 32.4. The van der Waals surface area contributed by atoms with Crippen molar-refractivity contribution in [2.75, 3.05) is 33.7 Å². The van der Waals surface area contributed by atoms with Gasteiger partial charge in [0.25, 0.3) is 5.91 Å². The predicted molar refractivity (Wildman–Crippen MR) is 141 cm³/mol. The van der Waals surface area contributed by atoms with Crippen LogP contribution in [0.3, 0.4) is 0 Å². The molecular weight excluding hydrogens is 462 g/mol. The third kappa shape index (κ3) is 4.49. The fourth-order valence-corrected chi connectivity index (χ4v) is 7.46. The number of nitrogens with zero attached hydrogens (tertiary/aromatic N) is 3. The fraction of sp³-hybridized carbons (Fsp3) is 0.407. The van der Waals surface area contributed by atoms with Crippen molar-refractivity contribution >= 4 is 29.0 Å². The smallest absolute Gasteiger partial charge is 0.259 e. The zero-order chi connectivity index (χ0) is 23.8. The summed E-state index contributed by atoms with van der Waals surface area (Å²) < 4.78 is 2.14. The minimum Gasteiger partial charge on any atom is -0.341 e. The van der Waals surface area contributed by atoms with Gasteiger partial charge in [-0.05, 0) is 73.8 Å². The molecule has 2 aliphatic heterocycles. The number of carbonyl (C=O) groups excluding carboxylic acids is 1. The van der Waals surface area contributed by atoms with E-state index in [2.05, 4.69) is 51.5 Å². The van der Waals surface area contributed by atoms with Gasteiger partial charge in [0.05, 0.1) is 5.69 Å². The van der Waals surface area contributed by atoms with E-state index in [4.69, 9.17) is 0 Å². The largest absolute Gasteiger partial charge is 0.341 e. The van der Waals surface area contributed by atoms with Crippen LogP contribution < -0.4 is 5.43 Å². The Morgan fingerprint density at radius 3 is 2.82 bits per heavy atom. The average Bonchev–Trinajstić information content (AvgIpc) is 3.28. The summed E-state index contributed by atoms with van der Waals surface area (Å²) in [6.07, 6.45) is 2.91. The molecule has 1 saturated heterocycles. The normalized spacial score (nSPS) is 20.3. The first kappa shape index (κ1) is 23.4. The van der Waals surface area contributed by atoms with Gasteiger partial charge in [0.1, 0.15) is 5.56 Å². The van der Waals surface area contributed by atoms with Crippen LogP contribution in [0.4, 0.5) is 0 Å². The van der Waals surface area contributed by atoms with Crippen LogP contribution in [0.25, 0.3) is 5.69 Å². The number of piperidine rings is 1. The van der Waals surface area contributed by atoms with E-state index < -0.39 is 0 Å². The number of hydrogen-bond donors (Lipinski definition) is 0. The number of likely N-dealkylation sites (tertiary alicyclic amines) is 1. The Morgan fingerprint density at radius 1 is 1.24 bits per heavy atom. The summed E-state index contributed by atoms with van der Waals surface area (Å²) in [6, 6.07) is 12.1. The molecule has 0 N–H and O–H groups in total. The topological polar surface area (TPSA) is 45.6 Å². The molecule has 2 aliphatic rings. The third-order valence-corrected chi connectivity index (χ3v) is 9.01. The number of amides is 1. The van der Waals surface area contributed by atoms with Crippen LogP contribution in [0.15, 0.2) is 56.8 Å². The van der Waals surface area contributed by atoms with Gasteiger partial charge < -0.3 is 14.4 Å². The van der Waals surface area contributed by atoms with Gasteiger partial charge in [0.2, 0.25) is 0 Å². The van der Waals surface area contributed by atoms with Crippen molar-refractivity contribution in [3.8, 4) is 5.69 Å². The molecule has 0 spiro atoms. The minimum atomic E-state index is -0.171. The van der Waals surface area contributed by atoms with E-state index in [0.717, 1.165) is 43.0 Å². The van der Waals surface area contributed by atoms with E-state index in [1.165, 1.54) is 10.5 Å². The molecule has 0 aliphatic carbocycles. The summed E-state index contributed by atoms with van der Waals surface area (Å²) in [7, 11) is 3.99. The molecule has 2 aromatic heterocycles. The SMILES string of the molecule is Cc1cc(=O)c(C(=O)N(C)CC2CCCN(C)C2)c2n1-c1ccccc1SC(c1ccsc1)C2. The lowest BCUT2D eigenvalue weighted by atomic mass is 9.97. The molecular formula is C27H31N3O2S2. The Morgan fingerprint density at radius 2 is 2.06 bits per heavy atom. The van der Waals surface area contributed by atoms with Gasteiger partial charge >= 0.3 is 0 Å². The van der Waals surface area contributed by atoms with E-state index in [1.807, 2.05) is 31.8 Å². The lowest BCUT2D eigenvalue weighted by Crippen LogP contribution is -2.41. The molecule has 34 heavy (non-hydrogen) atoms. The third-order valence-electron chi connectivity index (χ3n) is 6.98. The number of aryl methyl sites for hydroxylation is 1. The Kier molecular flexibility index (Phi) is 6.69. The Balaban J connectivity index is 1.59. The van der Waals surface area contributed by atoms with Crippen LogP contribution >= 0.6 is 23.1 Å². The van der Waals surface area contributed by atoms with Crippen LogP contribution in [0.2, 0.25) is 0 Å². The van der Waals surface area contributed by atoms with Crippen LogP contribution in [-0.2, 0) is 6.42 Å². The van der Waals surface area contributed by atoms with E-state index in [1.54, 1.807) is 22.3 Å². The summed E-state index contributed by atoms with van der Waals surface area (Å²) in [5.41, 5.74) is 4.14. The Hall–Kier alpha value is -2.35. The molecule has 5 nitrogen and oxygen atoms in total. The quantitative estimate of drug-likeness (QED) is 0.513. The number of aromatic nitrogens is 1. The Bertz CT molecular complexity index is 1250. The molecule has 2 atom stereocenters. The average molecular weight is 494 g/mol. The van der Waals surface area contributed by atoms with Gasteiger partial charge in [-0.25, -0.2) is 0 Å². The van der Waals surface area contributed by atoms with Gasteiger partial charge in [0.15, 0.2) is 5.43 Å². The standard InChI is InChI=1S/C27H31N3O2S2/c1-18-13-23(31)26(27(32)29(3)16-19-7-6-11-28(2)15-19)22-14-25(20-10-12-33-17-20)34-24-9-5-4-8-21(24)30(18)22/h4-5,8-10,12-13,17,19,25H,6-7,11,14-16H2,1-3H3. The first-order chi connectivity index (χ1) is 16.4. The van der Waals surface area contributed by atoms with Gasteiger partial charge in [-0.1, -0.05) is 12.1 Å². The van der Waals surface area contributed by atoms with Gasteiger partial charge in [-0.15, -0.1) is 11.8 Å². The summed E-state index contributed by atoms with van der Waals surface area (Å²) in [6.45, 7) is 4.75. The van der Waals surface area contributed by atoms with Crippen LogP contribution in [0.5, 0.6) is 0 Å². The first-order valence-corrected chi connectivity index (χ1v) is 13.7. The molecule has 1 amide bonds. The van der Waals surface area contributed by atoms with Crippen LogP contribution in [-0.4, -0.2) is 54.0 Å². The molecule has 2 unspecified atom stereocenters. The molecule has 178 valence electrons. The highest BCUT2D eigenvalue weighted by Gasteiger charge is 2.31. The fourth-order valence-electron chi connectivity index (χ4n) is 5.39. The number of pyridine rings is 1. The van der Waals surface area contributed by atoms with Crippen molar-refractivity contribution in [2.45, 2.75) is 36.3 Å². The number of para-hydroxylation sites is 1. The van der Waals surface area contributed by atoms with Gasteiger partial charge in [-0.3, -0.25) is 9.59 Å². The number of carbonyl (C=O) groups is 1. The van der Waals surface area contributed by atoms with Gasteiger partial charge in [-0.2, -0.15) is 11.3 Å². The highest BCUT2D eigenvalue weighted by atomic mass is 32.2. The van der Waals surface area contributed by atoms with Crippen molar-refractivity contribution in [1.29, 1.82) is 0 Å². The number of benzene rings is 1. The lowest BCUT2D eigenvalue weighted by molar-refractivity contribution is 0.0737. The summed E-state index contributed by atoms with van der Waals surface area (Å²) in [5, 5.41) is 4.42. The zero-order valence-corrected chi connectivity index (χ0v) is 21.6. The molecule has 5 rings (SSSR count). The Labute approximate surface area is 209 Å². The van der Waals surface area contributed by atoms with Crippen molar-refractivity contribution in [3.63, 3.8) is 0 Å². The van der Waals surface area contributed by atoms with E-state index in [9.17, 15) is 9.59 Å². The second kappa shape index (κ2) is 9.72. The van der Waals surface area contributed by atoms with Gasteiger partial charge in [0, 0.05) is 54.2 Å². The van der Waals surface area contributed by atoms with E-state index in [0.29, 0.717) is 24.4 Å². The highest BCUT2D eigenvalue weighted by Crippen LogP contribution is 2.44. The van der Waals surface area contributed by atoms with Crippen molar-refractivity contribution in [3.05, 3.63) is 79.9 Å². The second-order valence-electron chi connectivity index (χ2n) is 9.60. The molecule has 1 aromatic carbocycles. The predicted octanol–water partition coefficient (Wildman–Crippen LogP) is 5.01. The van der Waals surface area contributed by atoms with Crippen molar-refractivity contribution in [2.24, 2.45) is 5.92 Å². The van der Waals surface area contributed by atoms with Crippen LogP contribution in [0, 0.1) is 12.8 Å². The molecule has 1 fully saturated rings. The number of thioether (sulfide) groups is 1. The molecule has 4 heterocycles. The number of thiophene rings is 1. The van der Waals surface area contributed by atoms with Crippen molar-refractivity contribution < 1.29 is 4.79 Å². The first-order valence-electron chi connectivity index (χ1n) is 11.9. The maximum atomic E-state index is 13.8. The monoisotopic (exact) mass is 493 g/mol. The highest BCUT2D eigenvalue weighted by molar-refractivity contribution is 7.99. The summed E-state index contributed by atoms with van der Waals surface area (Å²) >= 11 is 3.50.